The Morgan fingerprint density at radius 2 is 2.05 bits per heavy atom. The van der Waals surface area contributed by atoms with Gasteiger partial charge in [-0.2, -0.15) is 9.78 Å². The summed E-state index contributed by atoms with van der Waals surface area (Å²) in [7, 11) is -0.347. The van der Waals surface area contributed by atoms with Gasteiger partial charge in [0.15, 0.2) is 11.5 Å². The van der Waals surface area contributed by atoms with Crippen LogP contribution in [0.1, 0.15) is 20.8 Å². The van der Waals surface area contributed by atoms with Crippen LogP contribution in [-0.2, 0) is 18.7 Å². The molecule has 3 atom stereocenters. The summed E-state index contributed by atoms with van der Waals surface area (Å²) in [6.07, 6.45) is 11.8. The second-order valence-corrected chi connectivity index (χ2v) is 20.8. The Morgan fingerprint density at radius 1 is 1.29 bits per heavy atom. The molecule has 0 saturated heterocycles. The highest BCUT2D eigenvalue weighted by atomic mass is 35.5. The molecule has 204 valence electrons. The molecular formula is C24H33ClN5O5P2Si+. The Balaban J connectivity index is 1.71. The van der Waals surface area contributed by atoms with Crippen molar-refractivity contribution < 1.29 is 23.4 Å². The Hall–Kier alpha value is -2.26. The lowest BCUT2D eigenvalue weighted by Gasteiger charge is -2.33. The van der Waals surface area contributed by atoms with Crippen molar-refractivity contribution in [2.24, 2.45) is 0 Å². The van der Waals surface area contributed by atoms with Crippen LogP contribution in [0.4, 0.5) is 0 Å². The monoisotopic (exact) mass is 596 g/mol. The molecule has 3 aromatic rings. The molecule has 3 rings (SSSR count). The molecule has 0 N–H and O–H groups in total. The SMILES string of the molecule is C=PC[Si](OCCOCC(Oc1ncnc2c1cnn2-c1ncccc1Cl)C(=O)OC)([P+](=C)C)C(C)(C)C. The van der Waals surface area contributed by atoms with Crippen molar-refractivity contribution in [3.8, 4) is 11.7 Å². The van der Waals surface area contributed by atoms with E-state index in [0.29, 0.717) is 28.5 Å². The van der Waals surface area contributed by atoms with Crippen LogP contribution in [0.25, 0.3) is 16.9 Å². The predicted molar refractivity (Wildman–Crippen MR) is 157 cm³/mol. The highest BCUT2D eigenvalue weighted by Gasteiger charge is 2.57. The smallest absolute Gasteiger partial charge is 0.442 e. The number of halogens is 1. The lowest BCUT2D eigenvalue weighted by molar-refractivity contribution is -0.152. The standard InChI is InChI=1S/C24H33ClN5O5P2Si/c1-24(2,3)38(16-36-5,37(6)7)34-12-11-33-14-19(23(31)32-4)35-22-17-13-29-30(20(17)27-15-28-22)21-18(25)9-8-10-26-21/h8-10,13,15,19H,5-6,11-12,14,16H2,1-4,7H3/q+1. The highest BCUT2D eigenvalue weighted by molar-refractivity contribution is 7.93. The van der Waals surface area contributed by atoms with Crippen LogP contribution in [0.15, 0.2) is 30.9 Å². The van der Waals surface area contributed by atoms with Gasteiger partial charge >= 0.3 is 14.0 Å². The molecule has 0 spiro atoms. The maximum atomic E-state index is 12.5. The summed E-state index contributed by atoms with van der Waals surface area (Å²) in [5, 5.41) is 5.24. The predicted octanol–water partition coefficient (Wildman–Crippen LogP) is 4.52. The summed E-state index contributed by atoms with van der Waals surface area (Å²) in [4.78, 5) is 25.3. The molecular weight excluding hydrogens is 564 g/mol. The molecule has 0 aromatic carbocycles. The van der Waals surface area contributed by atoms with E-state index in [-0.39, 0.29) is 24.1 Å². The maximum absolute atomic E-state index is 12.5. The van der Waals surface area contributed by atoms with E-state index >= 15 is 0 Å². The summed E-state index contributed by atoms with van der Waals surface area (Å²) >= 11 is 6.28. The molecule has 0 radical (unpaired) electrons. The number of hydrogen-bond donors (Lipinski definition) is 0. The number of carbonyl (C=O) groups excluding carboxylic acids is 1. The van der Waals surface area contributed by atoms with Crippen molar-refractivity contribution in [3.05, 3.63) is 35.9 Å². The van der Waals surface area contributed by atoms with Gasteiger partial charge in [0.25, 0.3) is 0 Å². The van der Waals surface area contributed by atoms with E-state index in [4.69, 9.17) is 30.2 Å². The zero-order chi connectivity index (χ0) is 27.9. The summed E-state index contributed by atoms with van der Waals surface area (Å²) in [6, 6.07) is 3.43. The summed E-state index contributed by atoms with van der Waals surface area (Å²) < 4.78 is 24.7. The number of hydrogen-bond acceptors (Lipinski definition) is 9. The Kier molecular flexibility index (Phi) is 10.5. The van der Waals surface area contributed by atoms with Crippen LogP contribution >= 0.6 is 26.9 Å². The molecule has 0 bridgehead atoms. The molecule has 14 heteroatoms. The fraction of sp³-hybridized carbons (Fsp3) is 0.458. The third kappa shape index (κ3) is 6.65. The zero-order valence-electron chi connectivity index (χ0n) is 22.3. The van der Waals surface area contributed by atoms with Crippen LogP contribution in [0.5, 0.6) is 5.88 Å². The molecule has 3 heterocycles. The molecule has 0 saturated carbocycles. The Morgan fingerprint density at radius 3 is 2.68 bits per heavy atom. The third-order valence-corrected chi connectivity index (χ3v) is 20.5. The van der Waals surface area contributed by atoms with E-state index in [9.17, 15) is 4.79 Å². The van der Waals surface area contributed by atoms with Crippen molar-refractivity contribution in [2.45, 2.75) is 31.9 Å². The molecule has 10 nitrogen and oxygen atoms in total. The quantitative estimate of drug-likeness (QED) is 0.122. The fourth-order valence-corrected chi connectivity index (χ4v) is 18.2. The van der Waals surface area contributed by atoms with Gasteiger partial charge in [-0.25, -0.2) is 19.7 Å². The number of rotatable bonds is 13. The molecule has 3 unspecified atom stereocenters. The van der Waals surface area contributed by atoms with E-state index in [0.717, 1.165) is 14.0 Å². The number of nitrogens with zero attached hydrogens (tertiary/aromatic N) is 5. The first-order valence-corrected chi connectivity index (χ1v) is 18.4. The van der Waals surface area contributed by atoms with Crippen molar-refractivity contribution in [1.82, 2.24) is 24.7 Å². The van der Waals surface area contributed by atoms with Gasteiger partial charge in [-0.15, -0.1) is 8.20 Å². The average Bonchev–Trinajstić information content (AvgIpc) is 3.31. The van der Waals surface area contributed by atoms with Crippen LogP contribution < -0.4 is 4.74 Å². The molecule has 38 heavy (non-hydrogen) atoms. The second-order valence-electron chi connectivity index (χ2n) is 9.45. The van der Waals surface area contributed by atoms with E-state index in [1.165, 1.54) is 24.3 Å². The van der Waals surface area contributed by atoms with Gasteiger partial charge in [-0.05, 0) is 12.1 Å². The van der Waals surface area contributed by atoms with E-state index in [1.807, 2.05) is 0 Å². The normalized spacial score (nSPS) is 14.7. The topological polar surface area (TPSA) is 110 Å². The average molecular weight is 597 g/mol. The first-order chi connectivity index (χ1) is 18.1. The minimum absolute atomic E-state index is 0.0138. The van der Waals surface area contributed by atoms with Gasteiger partial charge in [-0.1, -0.05) is 38.7 Å². The van der Waals surface area contributed by atoms with Crippen molar-refractivity contribution in [3.63, 3.8) is 0 Å². The minimum Gasteiger partial charge on any atom is -0.466 e. The maximum Gasteiger partial charge on any atom is 0.442 e. The highest BCUT2D eigenvalue weighted by Crippen LogP contribution is 2.51. The van der Waals surface area contributed by atoms with Gasteiger partial charge in [0.05, 0.1) is 64.0 Å². The minimum atomic E-state index is -2.17. The van der Waals surface area contributed by atoms with Crippen molar-refractivity contribution >= 4 is 64.5 Å². The number of pyridine rings is 1. The Labute approximate surface area is 231 Å². The third-order valence-electron chi connectivity index (χ3n) is 5.94. The van der Waals surface area contributed by atoms with Gasteiger partial charge in [0.2, 0.25) is 12.0 Å². The van der Waals surface area contributed by atoms with Gasteiger partial charge < -0.3 is 18.6 Å². The lowest BCUT2D eigenvalue weighted by Crippen LogP contribution is -2.47. The zero-order valence-corrected chi connectivity index (χ0v) is 25.8. The number of ether oxygens (including phenoxy) is 3. The van der Waals surface area contributed by atoms with E-state index < -0.39 is 27.2 Å². The van der Waals surface area contributed by atoms with Gasteiger partial charge in [-0.3, -0.25) is 0 Å². The molecule has 0 fully saturated rings. The first-order valence-electron chi connectivity index (χ1n) is 11.8. The molecule has 0 aliphatic heterocycles. The van der Waals surface area contributed by atoms with Crippen LogP contribution in [-0.4, -0.2) is 96.8 Å². The molecule has 0 aliphatic rings. The van der Waals surface area contributed by atoms with Gasteiger partial charge in [0, 0.05) is 11.2 Å². The number of aromatic nitrogens is 5. The largest absolute Gasteiger partial charge is 0.466 e. The van der Waals surface area contributed by atoms with Crippen LogP contribution in [0, 0.1) is 0 Å². The number of carbonyl (C=O) groups is 1. The number of fused-ring (bicyclic) bond motifs is 1. The summed E-state index contributed by atoms with van der Waals surface area (Å²) in [5.41, 5.74) is 0.422. The summed E-state index contributed by atoms with van der Waals surface area (Å²) in [5.74, 6) is 0.887. The van der Waals surface area contributed by atoms with E-state index in [1.54, 1.807) is 18.3 Å². The molecule has 0 aliphatic carbocycles. The van der Waals surface area contributed by atoms with Crippen molar-refractivity contribution in [1.29, 1.82) is 0 Å². The van der Waals surface area contributed by atoms with Crippen molar-refractivity contribution in [2.75, 3.05) is 39.4 Å². The fourth-order valence-electron chi connectivity index (χ4n) is 3.94. The molecule has 3 aromatic heterocycles. The summed E-state index contributed by atoms with van der Waals surface area (Å²) in [6.45, 7) is 9.43. The van der Waals surface area contributed by atoms with Gasteiger partial charge in [0.1, 0.15) is 11.7 Å². The Bertz CT molecular complexity index is 1300. The first kappa shape index (κ1) is 30.3. The molecule has 0 amide bonds. The van der Waals surface area contributed by atoms with Crippen LogP contribution in [0.3, 0.4) is 0 Å². The number of esters is 1. The van der Waals surface area contributed by atoms with Crippen LogP contribution in [0.2, 0.25) is 10.1 Å². The lowest BCUT2D eigenvalue weighted by atomic mass is 10.3. The van der Waals surface area contributed by atoms with E-state index in [2.05, 4.69) is 60.1 Å². The second kappa shape index (κ2) is 13.2. The number of methoxy groups -OCH3 is 1.